The minimum atomic E-state index is -4.43. The molecule has 0 saturated carbocycles. The van der Waals surface area contributed by atoms with E-state index in [0.29, 0.717) is 12.8 Å². The molecule has 1 aromatic carbocycles. The van der Waals surface area contributed by atoms with Crippen LogP contribution in [0.5, 0.6) is 0 Å². The summed E-state index contributed by atoms with van der Waals surface area (Å²) in [6, 6.07) is 3.09. The van der Waals surface area contributed by atoms with Crippen LogP contribution in [0.15, 0.2) is 28.0 Å². The molecule has 2 N–H and O–H groups in total. The van der Waals surface area contributed by atoms with E-state index in [4.69, 9.17) is 4.55 Å². The van der Waals surface area contributed by atoms with Gasteiger partial charge in [-0.3, -0.25) is 9.11 Å². The fraction of sp³-hybridized carbons (Fsp3) is 0.625. The number of hydrogen-bond acceptors (Lipinski definition) is 4. The van der Waals surface area contributed by atoms with Crippen molar-refractivity contribution in [2.45, 2.75) is 74.5 Å². The fourth-order valence-electron chi connectivity index (χ4n) is 2.61. The van der Waals surface area contributed by atoms with E-state index in [2.05, 4.69) is 6.92 Å². The van der Waals surface area contributed by atoms with E-state index >= 15 is 0 Å². The third-order valence-corrected chi connectivity index (χ3v) is 5.71. The molecule has 0 bridgehead atoms. The molecule has 0 heterocycles. The van der Waals surface area contributed by atoms with E-state index in [-0.39, 0.29) is 15.4 Å². The van der Waals surface area contributed by atoms with E-state index in [1.807, 2.05) is 0 Å². The molecule has 8 heteroatoms. The van der Waals surface area contributed by atoms with Crippen molar-refractivity contribution in [1.82, 2.24) is 0 Å². The summed E-state index contributed by atoms with van der Waals surface area (Å²) in [4.78, 5) is -0.678. The maximum Gasteiger partial charge on any atom is 0.294 e. The maximum absolute atomic E-state index is 11.4. The molecular weight excluding hydrogens is 352 g/mol. The molecule has 24 heavy (non-hydrogen) atoms. The minimum absolute atomic E-state index is 0.207. The molecule has 0 fully saturated rings. The van der Waals surface area contributed by atoms with Crippen molar-refractivity contribution >= 4 is 20.2 Å². The first-order chi connectivity index (χ1) is 11.2. The van der Waals surface area contributed by atoms with Crippen LogP contribution < -0.4 is 0 Å². The lowest BCUT2D eigenvalue weighted by Crippen LogP contribution is -2.06. The highest BCUT2D eigenvalue weighted by molar-refractivity contribution is 7.86. The number of rotatable bonds is 11. The highest BCUT2D eigenvalue weighted by Crippen LogP contribution is 2.22. The summed E-state index contributed by atoms with van der Waals surface area (Å²) in [6.45, 7) is 2.16. The molecule has 0 aliphatic carbocycles. The van der Waals surface area contributed by atoms with Crippen LogP contribution in [0.2, 0.25) is 0 Å². The van der Waals surface area contributed by atoms with Crippen molar-refractivity contribution in [2.75, 3.05) is 0 Å². The van der Waals surface area contributed by atoms with E-state index in [9.17, 15) is 21.4 Å². The summed E-state index contributed by atoms with van der Waals surface area (Å²) in [7, 11) is -8.84. The third-order valence-electron chi connectivity index (χ3n) is 3.91. The molecule has 1 aromatic rings. The average molecular weight is 379 g/mol. The van der Waals surface area contributed by atoms with Gasteiger partial charge in [-0.05, 0) is 36.6 Å². The zero-order chi connectivity index (χ0) is 18.2. The van der Waals surface area contributed by atoms with Crippen LogP contribution in [-0.2, 0) is 26.7 Å². The Kier molecular flexibility index (Phi) is 8.35. The number of hydrogen-bond donors (Lipinski definition) is 2. The van der Waals surface area contributed by atoms with Gasteiger partial charge in [-0.2, -0.15) is 16.8 Å². The normalized spacial score (nSPS) is 12.5. The van der Waals surface area contributed by atoms with E-state index in [1.54, 1.807) is 0 Å². The summed E-state index contributed by atoms with van der Waals surface area (Å²) in [5.41, 5.74) is 0.207. The fourth-order valence-corrected chi connectivity index (χ4v) is 3.88. The SMILES string of the molecule is CCCCCCCCCCc1cc(S(=O)(=O)O)ccc1S(=O)(=O)O. The van der Waals surface area contributed by atoms with E-state index in [0.717, 1.165) is 37.5 Å². The van der Waals surface area contributed by atoms with Crippen molar-refractivity contribution in [3.8, 4) is 0 Å². The number of benzene rings is 1. The molecule has 6 nitrogen and oxygen atoms in total. The van der Waals surface area contributed by atoms with E-state index < -0.39 is 20.2 Å². The monoisotopic (exact) mass is 378 g/mol. The van der Waals surface area contributed by atoms with Gasteiger partial charge in [0.25, 0.3) is 20.2 Å². The van der Waals surface area contributed by atoms with E-state index in [1.165, 1.54) is 25.7 Å². The van der Waals surface area contributed by atoms with Crippen molar-refractivity contribution in [1.29, 1.82) is 0 Å². The van der Waals surface area contributed by atoms with Crippen LogP contribution in [0, 0.1) is 0 Å². The molecule has 0 spiro atoms. The Labute approximate surface area is 144 Å². The van der Waals surface area contributed by atoms with Gasteiger partial charge >= 0.3 is 0 Å². The van der Waals surface area contributed by atoms with Gasteiger partial charge in [0.1, 0.15) is 0 Å². The Hall–Kier alpha value is -0.960. The lowest BCUT2D eigenvalue weighted by atomic mass is 10.0. The second-order valence-corrected chi connectivity index (χ2v) is 8.76. The molecule has 1 rings (SSSR count). The number of aryl methyl sites for hydroxylation is 1. The zero-order valence-electron chi connectivity index (χ0n) is 13.9. The average Bonchev–Trinajstić information content (AvgIpc) is 2.48. The summed E-state index contributed by atoms with van der Waals surface area (Å²) < 4.78 is 63.5. The molecule has 138 valence electrons. The Morgan fingerprint density at radius 3 is 1.83 bits per heavy atom. The van der Waals surface area contributed by atoms with Gasteiger partial charge in [0, 0.05) is 0 Å². The van der Waals surface area contributed by atoms with Gasteiger partial charge < -0.3 is 0 Å². The quantitative estimate of drug-likeness (QED) is 0.447. The smallest absolute Gasteiger partial charge is 0.282 e. The van der Waals surface area contributed by atoms with Gasteiger partial charge in [0.15, 0.2) is 0 Å². The van der Waals surface area contributed by atoms with Gasteiger partial charge in [-0.15, -0.1) is 0 Å². The third kappa shape index (κ3) is 7.29. The van der Waals surface area contributed by atoms with Crippen LogP contribution in [0.3, 0.4) is 0 Å². The first-order valence-corrected chi connectivity index (χ1v) is 11.1. The molecule has 0 aromatic heterocycles. The van der Waals surface area contributed by atoms with Crippen LogP contribution >= 0.6 is 0 Å². The maximum atomic E-state index is 11.4. The Balaban J connectivity index is 2.68. The Bertz CT molecular complexity index is 723. The zero-order valence-corrected chi connectivity index (χ0v) is 15.6. The summed E-state index contributed by atoms with van der Waals surface area (Å²) in [6.07, 6.45) is 8.90. The molecular formula is C16H26O6S2. The summed E-state index contributed by atoms with van der Waals surface area (Å²) >= 11 is 0. The second kappa shape index (κ2) is 9.50. The molecule has 0 aliphatic rings. The van der Waals surface area contributed by atoms with Gasteiger partial charge in [0.2, 0.25) is 0 Å². The molecule has 0 saturated heterocycles. The standard InChI is InChI=1S/C16H26O6S2/c1-2-3-4-5-6-7-8-9-10-14-13-15(23(17,18)19)11-12-16(14)24(20,21)22/h11-13H,2-10H2,1H3,(H,17,18,19)(H,20,21,22). The minimum Gasteiger partial charge on any atom is -0.282 e. The Morgan fingerprint density at radius 2 is 1.33 bits per heavy atom. The first kappa shape index (κ1) is 21.1. The van der Waals surface area contributed by atoms with Gasteiger partial charge in [0.05, 0.1) is 9.79 Å². The second-order valence-electron chi connectivity index (χ2n) is 5.94. The highest BCUT2D eigenvalue weighted by Gasteiger charge is 2.19. The predicted molar refractivity (Wildman–Crippen MR) is 92.4 cm³/mol. The largest absolute Gasteiger partial charge is 0.294 e. The number of unbranched alkanes of at least 4 members (excludes halogenated alkanes) is 7. The molecule has 0 unspecified atom stereocenters. The van der Waals surface area contributed by atoms with Crippen LogP contribution in [0.1, 0.15) is 63.9 Å². The molecule has 0 radical (unpaired) electrons. The highest BCUT2D eigenvalue weighted by atomic mass is 32.2. The van der Waals surface area contributed by atoms with Crippen molar-refractivity contribution in [2.24, 2.45) is 0 Å². The van der Waals surface area contributed by atoms with Crippen LogP contribution in [-0.4, -0.2) is 25.9 Å². The van der Waals surface area contributed by atoms with Gasteiger partial charge in [-0.1, -0.05) is 51.9 Å². The molecule has 0 aliphatic heterocycles. The molecule has 0 atom stereocenters. The first-order valence-electron chi connectivity index (χ1n) is 8.24. The van der Waals surface area contributed by atoms with Crippen LogP contribution in [0.4, 0.5) is 0 Å². The lowest BCUT2D eigenvalue weighted by molar-refractivity contribution is 0.477. The topological polar surface area (TPSA) is 109 Å². The predicted octanol–water partition coefficient (Wildman–Crippen LogP) is 3.86. The van der Waals surface area contributed by atoms with Crippen molar-refractivity contribution < 1.29 is 25.9 Å². The summed E-state index contributed by atoms with van der Waals surface area (Å²) in [5.74, 6) is 0. The Morgan fingerprint density at radius 1 is 0.792 bits per heavy atom. The van der Waals surface area contributed by atoms with Gasteiger partial charge in [-0.25, -0.2) is 0 Å². The lowest BCUT2D eigenvalue weighted by Gasteiger charge is -2.09. The summed E-state index contributed by atoms with van der Waals surface area (Å²) in [5, 5.41) is 0. The van der Waals surface area contributed by atoms with Crippen molar-refractivity contribution in [3.05, 3.63) is 23.8 Å². The van der Waals surface area contributed by atoms with Crippen LogP contribution in [0.25, 0.3) is 0 Å². The van der Waals surface area contributed by atoms with Crippen molar-refractivity contribution in [3.63, 3.8) is 0 Å². The molecule has 0 amide bonds.